The highest BCUT2D eigenvalue weighted by atomic mass is 32.2. The van der Waals surface area contributed by atoms with Crippen molar-refractivity contribution in [2.45, 2.75) is 10.8 Å². The smallest absolute Gasteiger partial charge is 0.252 e. The number of carbonyl (C=O) groups is 1. The van der Waals surface area contributed by atoms with E-state index in [1.165, 1.54) is 18.4 Å². The van der Waals surface area contributed by atoms with Crippen LogP contribution in [0.3, 0.4) is 0 Å². The van der Waals surface area contributed by atoms with Gasteiger partial charge in [0.2, 0.25) is 0 Å². The molecule has 0 saturated carbocycles. The van der Waals surface area contributed by atoms with Crippen LogP contribution in [0.4, 0.5) is 5.69 Å². The molecule has 0 saturated heterocycles. The van der Waals surface area contributed by atoms with Crippen molar-refractivity contribution in [2.75, 3.05) is 33.1 Å². The molecule has 0 unspecified atom stereocenters. The van der Waals surface area contributed by atoms with Crippen LogP contribution in [0.25, 0.3) is 0 Å². The first-order valence-electron chi connectivity index (χ1n) is 7.28. The monoisotopic (exact) mass is 367 g/mol. The first-order chi connectivity index (χ1) is 11.2. The second-order valence-electron chi connectivity index (χ2n) is 5.64. The minimum atomic E-state index is -3.43. The highest BCUT2D eigenvalue weighted by Gasteiger charge is 2.19. The van der Waals surface area contributed by atoms with Gasteiger partial charge in [-0.15, -0.1) is 11.3 Å². The van der Waals surface area contributed by atoms with Crippen LogP contribution in [0, 0.1) is 0 Å². The molecule has 6 nitrogen and oxygen atoms in total. The summed E-state index contributed by atoms with van der Waals surface area (Å²) in [6.07, 6.45) is 0. The number of anilines is 1. The minimum absolute atomic E-state index is 0.191. The van der Waals surface area contributed by atoms with E-state index in [2.05, 4.69) is 5.32 Å². The summed E-state index contributed by atoms with van der Waals surface area (Å²) in [6, 6.07) is 10.6. The van der Waals surface area contributed by atoms with Crippen LogP contribution >= 0.6 is 11.3 Å². The number of rotatable bonds is 6. The van der Waals surface area contributed by atoms with Crippen molar-refractivity contribution < 1.29 is 13.2 Å². The lowest BCUT2D eigenvalue weighted by Gasteiger charge is -2.13. The van der Waals surface area contributed by atoms with Crippen LogP contribution in [0.5, 0.6) is 0 Å². The van der Waals surface area contributed by atoms with Gasteiger partial charge in [-0.2, -0.15) is 0 Å². The molecular weight excluding hydrogens is 346 g/mol. The molecule has 2 aromatic rings. The average Bonchev–Trinajstić information content (AvgIpc) is 3.02. The molecule has 0 aliphatic heterocycles. The lowest BCUT2D eigenvalue weighted by atomic mass is 10.2. The summed E-state index contributed by atoms with van der Waals surface area (Å²) in [6.45, 7) is 0.290. The van der Waals surface area contributed by atoms with Crippen LogP contribution in [0.1, 0.15) is 15.2 Å². The number of nitrogens with one attached hydrogen (secondary N) is 1. The largest absolute Gasteiger partial charge is 0.378 e. The summed E-state index contributed by atoms with van der Waals surface area (Å²) < 4.78 is 25.5. The molecular formula is C16H21N3O3S2. The van der Waals surface area contributed by atoms with Crippen molar-refractivity contribution in [3.05, 3.63) is 46.8 Å². The van der Waals surface area contributed by atoms with E-state index in [4.69, 9.17) is 0 Å². The number of carbonyl (C=O) groups excluding carboxylic acids is 1. The zero-order chi connectivity index (χ0) is 17.9. The molecule has 130 valence electrons. The molecule has 1 heterocycles. The van der Waals surface area contributed by atoms with Crippen LogP contribution in [-0.4, -0.2) is 46.8 Å². The van der Waals surface area contributed by atoms with E-state index in [-0.39, 0.29) is 10.1 Å². The lowest BCUT2D eigenvalue weighted by molar-refractivity contribution is 0.0951. The maximum absolute atomic E-state index is 12.3. The van der Waals surface area contributed by atoms with Gasteiger partial charge in [0.05, 0.1) is 6.54 Å². The zero-order valence-corrected chi connectivity index (χ0v) is 15.7. The van der Waals surface area contributed by atoms with Gasteiger partial charge in [0.25, 0.3) is 15.9 Å². The molecule has 0 bridgehead atoms. The molecule has 0 atom stereocenters. The minimum Gasteiger partial charge on any atom is -0.378 e. The second-order valence-corrected chi connectivity index (χ2v) is 9.18. The van der Waals surface area contributed by atoms with E-state index in [0.29, 0.717) is 12.1 Å². The number of sulfonamides is 1. The van der Waals surface area contributed by atoms with Gasteiger partial charge in [0.15, 0.2) is 0 Å². The average molecular weight is 367 g/mol. The van der Waals surface area contributed by atoms with Gasteiger partial charge in [0, 0.05) is 44.3 Å². The van der Waals surface area contributed by atoms with Gasteiger partial charge >= 0.3 is 0 Å². The van der Waals surface area contributed by atoms with Crippen molar-refractivity contribution in [1.29, 1.82) is 0 Å². The van der Waals surface area contributed by atoms with Crippen LogP contribution in [0.2, 0.25) is 0 Å². The summed E-state index contributed by atoms with van der Waals surface area (Å²) in [7, 11) is 3.38. The molecule has 1 N–H and O–H groups in total. The Labute approximate surface area is 146 Å². The fraction of sp³-hybridized carbons (Fsp3) is 0.312. The second kappa shape index (κ2) is 7.33. The van der Waals surface area contributed by atoms with Crippen LogP contribution in [-0.2, 0) is 16.6 Å². The lowest BCUT2D eigenvalue weighted by Crippen LogP contribution is -2.23. The number of hydrogen-bond acceptors (Lipinski definition) is 5. The highest BCUT2D eigenvalue weighted by Crippen LogP contribution is 2.23. The molecule has 1 amide bonds. The van der Waals surface area contributed by atoms with Gasteiger partial charge in [-0.1, -0.05) is 6.07 Å². The number of benzene rings is 1. The van der Waals surface area contributed by atoms with Crippen molar-refractivity contribution in [2.24, 2.45) is 0 Å². The van der Waals surface area contributed by atoms with Gasteiger partial charge in [-0.05, 0) is 30.3 Å². The van der Waals surface area contributed by atoms with Crippen LogP contribution < -0.4 is 10.2 Å². The molecule has 0 aliphatic carbocycles. The van der Waals surface area contributed by atoms with Gasteiger partial charge in [-0.3, -0.25) is 4.79 Å². The van der Waals surface area contributed by atoms with Gasteiger partial charge in [0.1, 0.15) is 4.21 Å². The Kier molecular flexibility index (Phi) is 5.63. The van der Waals surface area contributed by atoms with Crippen molar-refractivity contribution in [3.8, 4) is 0 Å². The third-order valence-corrected chi connectivity index (χ3v) is 6.79. The van der Waals surface area contributed by atoms with E-state index in [1.54, 1.807) is 18.2 Å². The Hall–Kier alpha value is -1.90. The summed E-state index contributed by atoms with van der Waals surface area (Å²) in [5.74, 6) is -0.191. The van der Waals surface area contributed by atoms with Gasteiger partial charge in [-0.25, -0.2) is 12.7 Å². The third kappa shape index (κ3) is 4.14. The number of nitrogens with zero attached hydrogens (tertiary/aromatic N) is 2. The fourth-order valence-electron chi connectivity index (χ4n) is 1.97. The van der Waals surface area contributed by atoms with E-state index in [1.807, 2.05) is 37.2 Å². The van der Waals surface area contributed by atoms with E-state index < -0.39 is 10.0 Å². The maximum Gasteiger partial charge on any atom is 0.252 e. The summed E-state index contributed by atoms with van der Waals surface area (Å²) in [5.41, 5.74) is 1.51. The highest BCUT2D eigenvalue weighted by molar-refractivity contribution is 7.91. The normalized spacial score (nSPS) is 11.5. The molecule has 2 rings (SSSR count). The Morgan fingerprint density at radius 2 is 1.83 bits per heavy atom. The fourth-order valence-corrected chi connectivity index (χ4v) is 4.43. The molecule has 1 aromatic carbocycles. The Morgan fingerprint density at radius 1 is 1.12 bits per heavy atom. The van der Waals surface area contributed by atoms with E-state index >= 15 is 0 Å². The van der Waals surface area contributed by atoms with Crippen LogP contribution in [0.15, 0.2) is 40.6 Å². The zero-order valence-electron chi connectivity index (χ0n) is 14.1. The topological polar surface area (TPSA) is 69.7 Å². The standard InChI is InChI=1S/C16H21N3O3S2/c1-18(2)13-7-5-6-12(10-13)16(20)17-11-14-8-9-15(23-14)24(21,22)19(3)4/h5-10H,11H2,1-4H3,(H,17,20). The van der Waals surface area contributed by atoms with E-state index in [9.17, 15) is 13.2 Å². The van der Waals surface area contributed by atoms with Crippen molar-refractivity contribution >= 4 is 33.0 Å². The SMILES string of the molecule is CN(C)c1cccc(C(=O)NCc2ccc(S(=O)(=O)N(C)C)s2)c1. The predicted octanol–water partition coefficient (Wildman–Crippen LogP) is 1.99. The number of hydrogen-bond donors (Lipinski definition) is 1. The van der Waals surface area contributed by atoms with Crippen molar-refractivity contribution in [3.63, 3.8) is 0 Å². The summed E-state index contributed by atoms with van der Waals surface area (Å²) in [4.78, 5) is 15.0. The molecule has 0 radical (unpaired) electrons. The molecule has 24 heavy (non-hydrogen) atoms. The molecule has 0 aliphatic rings. The quantitative estimate of drug-likeness (QED) is 0.848. The molecule has 0 fully saturated rings. The first kappa shape index (κ1) is 18.4. The number of amides is 1. The third-order valence-electron chi connectivity index (χ3n) is 3.42. The number of thiophene rings is 1. The molecule has 0 spiro atoms. The summed E-state index contributed by atoms with van der Waals surface area (Å²) >= 11 is 1.16. The Morgan fingerprint density at radius 3 is 2.46 bits per heavy atom. The predicted molar refractivity (Wildman–Crippen MR) is 97.1 cm³/mol. The first-order valence-corrected chi connectivity index (χ1v) is 9.54. The van der Waals surface area contributed by atoms with E-state index in [0.717, 1.165) is 21.9 Å². The molecule has 1 aromatic heterocycles. The summed E-state index contributed by atoms with van der Waals surface area (Å²) in [5, 5.41) is 2.82. The Bertz CT molecular complexity index is 827. The van der Waals surface area contributed by atoms with Crippen molar-refractivity contribution in [1.82, 2.24) is 9.62 Å². The molecule has 8 heteroatoms. The maximum atomic E-state index is 12.3. The Balaban J connectivity index is 2.05. The van der Waals surface area contributed by atoms with Gasteiger partial charge < -0.3 is 10.2 Å².